The van der Waals surface area contributed by atoms with Crippen molar-refractivity contribution in [2.24, 2.45) is 0 Å². The van der Waals surface area contributed by atoms with Crippen LogP contribution in [-0.2, 0) is 9.47 Å². The van der Waals surface area contributed by atoms with Gasteiger partial charge in [-0.05, 0) is 32.3 Å². The van der Waals surface area contributed by atoms with Crippen molar-refractivity contribution in [3.05, 3.63) is 5.56 Å². The molecule has 0 radical (unpaired) electrons. The predicted molar refractivity (Wildman–Crippen MR) is 74.7 cm³/mol. The number of aromatic nitrogens is 1. The molecule has 106 valence electrons. The Balaban J connectivity index is 2.34. The summed E-state index contributed by atoms with van der Waals surface area (Å²) in [6.45, 7) is 7.45. The van der Waals surface area contributed by atoms with E-state index in [1.54, 1.807) is 0 Å². The Morgan fingerprint density at radius 1 is 1.63 bits per heavy atom. The summed E-state index contributed by atoms with van der Waals surface area (Å²) in [5.74, 6) is -0.220. The van der Waals surface area contributed by atoms with E-state index in [1.165, 1.54) is 18.6 Å². The molecule has 1 unspecified atom stereocenters. The highest BCUT2D eigenvalue weighted by molar-refractivity contribution is 7.11. The molecule has 7 heteroatoms. The van der Waals surface area contributed by atoms with Gasteiger partial charge in [-0.3, -0.25) is 0 Å². The summed E-state index contributed by atoms with van der Waals surface area (Å²) >= 11 is 1.22. The van der Waals surface area contributed by atoms with Crippen LogP contribution in [-0.4, -0.2) is 42.2 Å². The largest absolute Gasteiger partial charge is 0.465 e. The van der Waals surface area contributed by atoms with Crippen LogP contribution < -0.4 is 10.6 Å². The van der Waals surface area contributed by atoms with Crippen LogP contribution in [0.1, 0.15) is 31.1 Å². The molecule has 2 rings (SSSR count). The number of carbonyl (C=O) groups is 1. The number of anilines is 2. The third-order valence-corrected chi connectivity index (χ3v) is 3.87. The Labute approximate surface area is 116 Å². The summed E-state index contributed by atoms with van der Waals surface area (Å²) in [6, 6.07) is 0. The van der Waals surface area contributed by atoms with Gasteiger partial charge >= 0.3 is 5.97 Å². The lowest BCUT2D eigenvalue weighted by atomic mass is 10.1. The zero-order valence-electron chi connectivity index (χ0n) is 11.6. The fourth-order valence-corrected chi connectivity index (χ4v) is 3.22. The molecular weight excluding hydrogens is 266 g/mol. The van der Waals surface area contributed by atoms with Crippen molar-refractivity contribution in [2.75, 3.05) is 30.8 Å². The van der Waals surface area contributed by atoms with E-state index in [4.69, 9.17) is 15.2 Å². The quantitative estimate of drug-likeness (QED) is 0.830. The van der Waals surface area contributed by atoms with Crippen molar-refractivity contribution in [1.82, 2.24) is 4.37 Å². The monoisotopic (exact) mass is 285 g/mol. The average molecular weight is 285 g/mol. The maximum absolute atomic E-state index is 11.8. The lowest BCUT2D eigenvalue weighted by molar-refractivity contribution is -0.0748. The third-order valence-electron chi connectivity index (χ3n) is 2.95. The smallest absolute Gasteiger partial charge is 0.344 e. The fraction of sp³-hybridized carbons (Fsp3) is 0.667. The first-order valence-electron chi connectivity index (χ1n) is 6.10. The highest BCUT2D eigenvalue weighted by atomic mass is 32.1. The maximum atomic E-state index is 11.8. The minimum Gasteiger partial charge on any atom is -0.465 e. The van der Waals surface area contributed by atoms with Crippen molar-refractivity contribution in [2.45, 2.75) is 32.5 Å². The van der Waals surface area contributed by atoms with E-state index in [0.717, 1.165) is 5.00 Å². The Morgan fingerprint density at radius 2 is 2.32 bits per heavy atom. The van der Waals surface area contributed by atoms with Crippen LogP contribution in [0.25, 0.3) is 0 Å². The van der Waals surface area contributed by atoms with E-state index in [-0.39, 0.29) is 17.5 Å². The minimum absolute atomic E-state index is 0.0811. The van der Waals surface area contributed by atoms with Gasteiger partial charge in [-0.15, -0.1) is 0 Å². The molecule has 1 aliphatic heterocycles. The molecule has 2 heterocycles. The molecule has 1 saturated heterocycles. The molecule has 0 spiro atoms. The summed E-state index contributed by atoms with van der Waals surface area (Å²) in [4.78, 5) is 13.9. The van der Waals surface area contributed by atoms with E-state index < -0.39 is 5.97 Å². The Morgan fingerprint density at radius 3 is 2.89 bits per heavy atom. The zero-order chi connectivity index (χ0) is 14.2. The number of esters is 1. The van der Waals surface area contributed by atoms with E-state index in [2.05, 4.69) is 9.27 Å². The first-order valence-corrected chi connectivity index (χ1v) is 6.87. The maximum Gasteiger partial charge on any atom is 0.344 e. The van der Waals surface area contributed by atoms with Gasteiger partial charge in [0.25, 0.3) is 0 Å². The van der Waals surface area contributed by atoms with Gasteiger partial charge in [0.2, 0.25) is 0 Å². The Bertz CT molecular complexity index is 487. The number of morpholine rings is 1. The highest BCUT2D eigenvalue weighted by Gasteiger charge is 2.35. The van der Waals surface area contributed by atoms with Gasteiger partial charge in [0, 0.05) is 13.1 Å². The lowest BCUT2D eigenvalue weighted by Gasteiger charge is -2.42. The molecule has 0 aliphatic carbocycles. The summed E-state index contributed by atoms with van der Waals surface area (Å²) in [7, 11) is 1.34. The molecular formula is C12H19N3O3S. The molecule has 1 atom stereocenters. The summed E-state index contributed by atoms with van der Waals surface area (Å²) < 4.78 is 14.7. The van der Waals surface area contributed by atoms with Crippen molar-refractivity contribution < 1.29 is 14.3 Å². The normalized spacial score (nSPS) is 22.3. The topological polar surface area (TPSA) is 77.7 Å². The van der Waals surface area contributed by atoms with Crippen molar-refractivity contribution >= 4 is 28.3 Å². The SMILES string of the molecule is COC(=O)c1c(N)nsc1N1CC(C)OC(C)(C)C1. The number of nitrogen functional groups attached to an aromatic ring is 1. The van der Waals surface area contributed by atoms with Crippen molar-refractivity contribution in [1.29, 1.82) is 0 Å². The molecule has 0 amide bonds. The molecule has 1 fully saturated rings. The van der Waals surface area contributed by atoms with Crippen molar-refractivity contribution in [3.63, 3.8) is 0 Å². The number of methoxy groups -OCH3 is 1. The third kappa shape index (κ3) is 2.82. The molecule has 1 aromatic heterocycles. The van der Waals surface area contributed by atoms with Gasteiger partial charge in [0.15, 0.2) is 5.82 Å². The van der Waals surface area contributed by atoms with E-state index in [1.807, 2.05) is 20.8 Å². The second-order valence-corrected chi connectivity index (χ2v) is 6.06. The van der Waals surface area contributed by atoms with Crippen LogP contribution in [0.2, 0.25) is 0 Å². The van der Waals surface area contributed by atoms with Crippen LogP contribution in [0.3, 0.4) is 0 Å². The number of hydrogen-bond acceptors (Lipinski definition) is 7. The molecule has 19 heavy (non-hydrogen) atoms. The number of rotatable bonds is 2. The molecule has 1 aromatic rings. The number of hydrogen-bond donors (Lipinski definition) is 1. The molecule has 0 bridgehead atoms. The second kappa shape index (κ2) is 4.97. The van der Waals surface area contributed by atoms with Gasteiger partial charge in [-0.2, -0.15) is 4.37 Å². The van der Waals surface area contributed by atoms with Crippen molar-refractivity contribution in [3.8, 4) is 0 Å². The number of nitrogens with zero attached hydrogens (tertiary/aromatic N) is 2. The van der Waals surface area contributed by atoms with Crippen LogP contribution in [0.4, 0.5) is 10.8 Å². The molecule has 0 aromatic carbocycles. The number of nitrogens with two attached hydrogens (primary N) is 1. The molecule has 1 aliphatic rings. The van der Waals surface area contributed by atoms with E-state index >= 15 is 0 Å². The Kier molecular flexibility index (Phi) is 3.69. The summed E-state index contributed by atoms with van der Waals surface area (Å²) in [5.41, 5.74) is 5.85. The number of ether oxygens (including phenoxy) is 2. The minimum atomic E-state index is -0.446. The zero-order valence-corrected chi connectivity index (χ0v) is 12.4. The first kappa shape index (κ1) is 14.1. The van der Waals surface area contributed by atoms with Crippen LogP contribution >= 0.6 is 11.5 Å². The first-order chi connectivity index (χ1) is 8.84. The van der Waals surface area contributed by atoms with Gasteiger partial charge < -0.3 is 20.1 Å². The number of carbonyl (C=O) groups excluding carboxylic acids is 1. The lowest BCUT2D eigenvalue weighted by Crippen LogP contribution is -2.52. The van der Waals surface area contributed by atoms with Crippen LogP contribution in [0.5, 0.6) is 0 Å². The standard InChI is InChI=1S/C12H19N3O3S/c1-7-5-15(6-12(2,3)18-7)10-8(11(16)17-4)9(13)14-19-10/h7H,5-6H2,1-4H3,(H2,13,14). The molecule has 6 nitrogen and oxygen atoms in total. The Hall–Kier alpha value is -1.34. The summed E-state index contributed by atoms with van der Waals surface area (Å²) in [5, 5.41) is 0.757. The van der Waals surface area contributed by atoms with Gasteiger partial charge in [0.05, 0.1) is 18.8 Å². The van der Waals surface area contributed by atoms with Crippen LogP contribution in [0, 0.1) is 0 Å². The fourth-order valence-electron chi connectivity index (χ4n) is 2.41. The highest BCUT2D eigenvalue weighted by Crippen LogP contribution is 2.34. The average Bonchev–Trinajstić information content (AvgIpc) is 2.67. The molecule has 0 saturated carbocycles. The van der Waals surface area contributed by atoms with Gasteiger partial charge in [-0.25, -0.2) is 4.79 Å². The van der Waals surface area contributed by atoms with Gasteiger partial charge in [0.1, 0.15) is 10.6 Å². The predicted octanol–water partition coefficient (Wildman–Crippen LogP) is 1.52. The van der Waals surface area contributed by atoms with Gasteiger partial charge in [-0.1, -0.05) is 0 Å². The second-order valence-electron chi connectivity index (χ2n) is 5.31. The van der Waals surface area contributed by atoms with Crippen LogP contribution in [0.15, 0.2) is 0 Å². The molecule has 2 N–H and O–H groups in total. The van der Waals surface area contributed by atoms with E-state index in [0.29, 0.717) is 18.7 Å². The van der Waals surface area contributed by atoms with E-state index in [9.17, 15) is 4.79 Å². The summed E-state index contributed by atoms with van der Waals surface area (Å²) in [6.07, 6.45) is 0.0811.